The molecule has 1 aliphatic carbocycles. The second-order valence-electron chi connectivity index (χ2n) is 5.98. The summed E-state index contributed by atoms with van der Waals surface area (Å²) in [6, 6.07) is 0. The maximum absolute atomic E-state index is 12.6. The van der Waals surface area contributed by atoms with Gasteiger partial charge in [-0.3, -0.25) is 14.6 Å². The third-order valence-corrected chi connectivity index (χ3v) is 4.13. The summed E-state index contributed by atoms with van der Waals surface area (Å²) in [6.45, 7) is 3.26. The molecule has 0 aromatic rings. The van der Waals surface area contributed by atoms with Crippen LogP contribution in [0.5, 0.6) is 0 Å². The predicted molar refractivity (Wildman–Crippen MR) is 80.1 cm³/mol. The molecule has 5 heteroatoms. The molecule has 0 spiro atoms. The van der Waals surface area contributed by atoms with Gasteiger partial charge in [0.1, 0.15) is 5.78 Å². The Labute approximate surface area is 122 Å². The molecule has 1 saturated carbocycles. The molecule has 0 aromatic heterocycles. The lowest BCUT2D eigenvalue weighted by Gasteiger charge is -2.33. The molecule has 0 bridgehead atoms. The molecule has 0 unspecified atom stereocenters. The van der Waals surface area contributed by atoms with Gasteiger partial charge in [0.25, 0.3) is 0 Å². The van der Waals surface area contributed by atoms with Crippen LogP contribution in [-0.2, 0) is 9.59 Å². The Bertz CT molecular complexity index is 331. The van der Waals surface area contributed by atoms with Crippen molar-refractivity contribution in [3.8, 4) is 0 Å². The summed E-state index contributed by atoms with van der Waals surface area (Å²) in [5.74, 6) is 0.0348. The minimum Gasteiger partial charge on any atom is -0.309 e. The molecule has 0 saturated heterocycles. The van der Waals surface area contributed by atoms with Crippen molar-refractivity contribution < 1.29 is 9.59 Å². The third kappa shape index (κ3) is 4.87. The van der Waals surface area contributed by atoms with Crippen LogP contribution >= 0.6 is 0 Å². The molecule has 0 heterocycles. The zero-order valence-electron chi connectivity index (χ0n) is 13.3. The number of hydrogen-bond donors (Lipinski definition) is 1. The number of rotatable bonds is 7. The molecule has 0 radical (unpaired) electrons. The first-order chi connectivity index (χ1) is 9.47. The van der Waals surface area contributed by atoms with Crippen molar-refractivity contribution in [2.24, 2.45) is 11.8 Å². The molecule has 1 amide bonds. The van der Waals surface area contributed by atoms with Crippen LogP contribution in [0.25, 0.3) is 0 Å². The van der Waals surface area contributed by atoms with Crippen LogP contribution in [0.1, 0.15) is 39.0 Å². The highest BCUT2D eigenvalue weighted by atomic mass is 16.2. The van der Waals surface area contributed by atoms with E-state index in [2.05, 4.69) is 10.3 Å². The summed E-state index contributed by atoms with van der Waals surface area (Å²) in [6.07, 6.45) is 4.75. The van der Waals surface area contributed by atoms with E-state index in [9.17, 15) is 9.59 Å². The summed E-state index contributed by atoms with van der Waals surface area (Å²) in [5, 5.41) is 1.69. The van der Waals surface area contributed by atoms with E-state index < -0.39 is 0 Å². The zero-order chi connectivity index (χ0) is 15.1. The highest BCUT2D eigenvalue weighted by Gasteiger charge is 2.35. The fraction of sp³-hybridized carbons (Fsp3) is 0.867. The van der Waals surface area contributed by atoms with Gasteiger partial charge in [0.15, 0.2) is 0 Å². The number of carbonyl (C=O) groups excluding carboxylic acids is 2. The minimum atomic E-state index is -0.131. The Kier molecular flexibility index (Phi) is 7.16. The summed E-state index contributed by atoms with van der Waals surface area (Å²) in [5.41, 5.74) is 2.99. The second-order valence-corrected chi connectivity index (χ2v) is 5.98. The largest absolute Gasteiger partial charge is 0.309 e. The quantitative estimate of drug-likeness (QED) is 0.716. The molecule has 1 fully saturated rings. The fourth-order valence-corrected chi connectivity index (χ4v) is 2.99. The van der Waals surface area contributed by atoms with Crippen molar-refractivity contribution >= 4 is 11.7 Å². The molecular weight excluding hydrogens is 254 g/mol. The predicted octanol–water partition coefficient (Wildman–Crippen LogP) is 1.30. The first kappa shape index (κ1) is 17.1. The molecule has 5 nitrogen and oxygen atoms in total. The van der Waals surface area contributed by atoms with E-state index in [4.69, 9.17) is 0 Å². The fourth-order valence-electron chi connectivity index (χ4n) is 2.99. The number of nitrogens with one attached hydrogen (secondary N) is 1. The zero-order valence-corrected chi connectivity index (χ0v) is 13.3. The molecule has 1 rings (SSSR count). The summed E-state index contributed by atoms with van der Waals surface area (Å²) >= 11 is 0. The number of hydrazine groups is 1. The van der Waals surface area contributed by atoms with Crippen molar-refractivity contribution in [2.45, 2.75) is 39.0 Å². The molecule has 1 aliphatic rings. The number of amides is 1. The van der Waals surface area contributed by atoms with E-state index >= 15 is 0 Å². The minimum absolute atomic E-state index is 0.0825. The third-order valence-electron chi connectivity index (χ3n) is 4.13. The van der Waals surface area contributed by atoms with Crippen LogP contribution in [0.2, 0.25) is 0 Å². The smallest absolute Gasteiger partial charge is 0.240 e. The topological polar surface area (TPSA) is 52.6 Å². The Morgan fingerprint density at radius 1 is 1.10 bits per heavy atom. The van der Waals surface area contributed by atoms with Crippen molar-refractivity contribution in [2.75, 3.05) is 34.2 Å². The summed E-state index contributed by atoms with van der Waals surface area (Å²) in [4.78, 5) is 26.5. The van der Waals surface area contributed by atoms with Gasteiger partial charge >= 0.3 is 0 Å². The van der Waals surface area contributed by atoms with Gasteiger partial charge in [-0.1, -0.05) is 12.8 Å². The molecule has 0 aromatic carbocycles. The van der Waals surface area contributed by atoms with Crippen molar-refractivity contribution in [1.82, 2.24) is 15.3 Å². The van der Waals surface area contributed by atoms with E-state index in [0.29, 0.717) is 6.54 Å². The molecular formula is C15H29N3O2. The number of nitrogens with zero attached hydrogens (tertiary/aromatic N) is 2. The van der Waals surface area contributed by atoms with Crippen LogP contribution < -0.4 is 5.43 Å². The number of hydrogen-bond acceptors (Lipinski definition) is 4. The molecule has 116 valence electrons. The Balaban J connectivity index is 2.61. The Morgan fingerprint density at radius 3 is 2.20 bits per heavy atom. The van der Waals surface area contributed by atoms with Crippen LogP contribution in [0.4, 0.5) is 0 Å². The normalized spacial score (nSPS) is 22.9. The van der Waals surface area contributed by atoms with Gasteiger partial charge in [-0.2, -0.15) is 0 Å². The highest BCUT2D eigenvalue weighted by Crippen LogP contribution is 2.31. The van der Waals surface area contributed by atoms with Crippen LogP contribution in [-0.4, -0.2) is 55.8 Å². The Hall–Kier alpha value is -0.940. The van der Waals surface area contributed by atoms with E-state index in [1.54, 1.807) is 19.0 Å². The van der Waals surface area contributed by atoms with Crippen LogP contribution in [0.3, 0.4) is 0 Å². The molecule has 1 N–H and O–H groups in total. The van der Waals surface area contributed by atoms with Crippen molar-refractivity contribution in [3.63, 3.8) is 0 Å². The second kappa shape index (κ2) is 8.37. The maximum atomic E-state index is 12.6. The van der Waals surface area contributed by atoms with Crippen LogP contribution in [0, 0.1) is 11.8 Å². The van der Waals surface area contributed by atoms with Gasteiger partial charge in [-0.25, -0.2) is 5.43 Å². The highest BCUT2D eigenvalue weighted by molar-refractivity contribution is 5.87. The van der Waals surface area contributed by atoms with Crippen LogP contribution in [0.15, 0.2) is 0 Å². The van der Waals surface area contributed by atoms with Gasteiger partial charge in [-0.15, -0.1) is 0 Å². The average molecular weight is 283 g/mol. The summed E-state index contributed by atoms with van der Waals surface area (Å²) in [7, 11) is 5.83. The first-order valence-corrected chi connectivity index (χ1v) is 7.61. The molecule has 20 heavy (non-hydrogen) atoms. The number of Topliss-reactive ketones (excluding diaryl/α,β-unsaturated/α-hetero) is 1. The summed E-state index contributed by atoms with van der Waals surface area (Å²) < 4.78 is 0. The number of carbonyl (C=O) groups is 2. The standard InChI is InChI=1S/C15H29N3O2/c1-12(19)13-8-5-6-9-14(13)15(20)18(16-2)11-7-10-17(3)4/h13-14,16H,5-11H2,1-4H3/t13-,14-/m0/s1. The Morgan fingerprint density at radius 2 is 1.70 bits per heavy atom. The average Bonchev–Trinajstić information content (AvgIpc) is 2.42. The SMILES string of the molecule is CNN(CCCN(C)C)C(=O)[C@H]1CCCC[C@H]1C(C)=O. The maximum Gasteiger partial charge on any atom is 0.240 e. The van der Waals surface area contributed by atoms with E-state index in [-0.39, 0.29) is 23.5 Å². The van der Waals surface area contributed by atoms with Crippen molar-refractivity contribution in [1.29, 1.82) is 0 Å². The molecule has 0 aliphatic heterocycles. The molecule has 2 atom stereocenters. The van der Waals surface area contributed by atoms with Crippen molar-refractivity contribution in [3.05, 3.63) is 0 Å². The van der Waals surface area contributed by atoms with E-state index in [1.165, 1.54) is 0 Å². The van der Waals surface area contributed by atoms with Gasteiger partial charge in [0.05, 0.1) is 0 Å². The first-order valence-electron chi connectivity index (χ1n) is 7.61. The van der Waals surface area contributed by atoms with Gasteiger partial charge in [0.2, 0.25) is 5.91 Å². The lowest BCUT2D eigenvalue weighted by atomic mass is 9.76. The van der Waals surface area contributed by atoms with Gasteiger partial charge in [0, 0.05) is 25.4 Å². The van der Waals surface area contributed by atoms with Gasteiger partial charge < -0.3 is 4.90 Å². The number of ketones is 1. The van der Waals surface area contributed by atoms with E-state index in [1.807, 2.05) is 14.1 Å². The monoisotopic (exact) mass is 283 g/mol. The lowest BCUT2D eigenvalue weighted by molar-refractivity contribution is -0.145. The van der Waals surface area contributed by atoms with Gasteiger partial charge in [-0.05, 0) is 46.8 Å². The lowest BCUT2D eigenvalue weighted by Crippen LogP contribution is -2.48. The van der Waals surface area contributed by atoms with E-state index in [0.717, 1.165) is 38.6 Å².